The number of thiazole rings is 1. The Kier molecular flexibility index (Phi) is 5.00. The molecule has 3 nitrogen and oxygen atoms in total. The van der Waals surface area contributed by atoms with Crippen LogP contribution < -0.4 is 5.32 Å². The zero-order chi connectivity index (χ0) is 16.3. The van der Waals surface area contributed by atoms with Crippen LogP contribution in [0.3, 0.4) is 0 Å². The van der Waals surface area contributed by atoms with E-state index in [9.17, 15) is 4.79 Å². The number of fused-ring (bicyclic) bond motifs is 1. The summed E-state index contributed by atoms with van der Waals surface area (Å²) < 4.78 is 1.22. The third-order valence-electron chi connectivity index (χ3n) is 4.88. The van der Waals surface area contributed by atoms with Gasteiger partial charge in [-0.1, -0.05) is 38.8 Å². The SMILES string of the molecule is CC(C)CCNC(=O)C1(Cc2nc3ccccc3s2)CCCC1. The van der Waals surface area contributed by atoms with Crippen molar-refractivity contribution in [2.24, 2.45) is 11.3 Å². The lowest BCUT2D eigenvalue weighted by molar-refractivity contribution is -0.130. The predicted octanol–water partition coefficient (Wildman–Crippen LogP) is 4.56. The molecule has 1 fully saturated rings. The van der Waals surface area contributed by atoms with Gasteiger partial charge in [-0.25, -0.2) is 4.98 Å². The fourth-order valence-electron chi connectivity index (χ4n) is 3.48. The molecule has 1 aromatic heterocycles. The Bertz CT molecular complexity index is 638. The normalized spacial score (nSPS) is 17.0. The fraction of sp³-hybridized carbons (Fsp3) is 0.579. The number of aromatic nitrogens is 1. The van der Waals surface area contributed by atoms with Crippen molar-refractivity contribution in [3.05, 3.63) is 29.3 Å². The first kappa shape index (κ1) is 16.4. The van der Waals surface area contributed by atoms with E-state index in [-0.39, 0.29) is 11.3 Å². The van der Waals surface area contributed by atoms with Crippen molar-refractivity contribution in [3.63, 3.8) is 0 Å². The van der Waals surface area contributed by atoms with Gasteiger partial charge < -0.3 is 5.32 Å². The number of hydrogen-bond acceptors (Lipinski definition) is 3. The van der Waals surface area contributed by atoms with Crippen LogP contribution in [0.5, 0.6) is 0 Å². The van der Waals surface area contributed by atoms with Crippen LogP contribution >= 0.6 is 11.3 Å². The third-order valence-corrected chi connectivity index (χ3v) is 5.91. The van der Waals surface area contributed by atoms with Crippen LogP contribution in [0, 0.1) is 11.3 Å². The van der Waals surface area contributed by atoms with Crippen LogP contribution in [-0.2, 0) is 11.2 Å². The second-order valence-corrected chi connectivity index (χ2v) is 8.29. The molecule has 0 bridgehead atoms. The van der Waals surface area contributed by atoms with Crippen LogP contribution in [0.1, 0.15) is 51.0 Å². The fourth-order valence-corrected chi connectivity index (χ4v) is 4.59. The first-order valence-electron chi connectivity index (χ1n) is 8.72. The predicted molar refractivity (Wildman–Crippen MR) is 96.7 cm³/mol. The number of carbonyl (C=O) groups is 1. The molecule has 1 amide bonds. The van der Waals surface area contributed by atoms with Crippen LogP contribution in [0.4, 0.5) is 0 Å². The van der Waals surface area contributed by atoms with Crippen molar-refractivity contribution < 1.29 is 4.79 Å². The average molecular weight is 330 g/mol. The average Bonchev–Trinajstić information content (AvgIpc) is 3.13. The molecule has 23 heavy (non-hydrogen) atoms. The molecule has 1 aromatic carbocycles. The first-order valence-corrected chi connectivity index (χ1v) is 9.53. The van der Waals surface area contributed by atoms with E-state index in [0.717, 1.165) is 55.6 Å². The van der Waals surface area contributed by atoms with Gasteiger partial charge in [0.1, 0.15) is 0 Å². The molecule has 1 aliphatic rings. The first-order chi connectivity index (χ1) is 11.1. The second kappa shape index (κ2) is 7.00. The van der Waals surface area contributed by atoms with Gasteiger partial charge in [0.2, 0.25) is 5.91 Å². The highest BCUT2D eigenvalue weighted by Gasteiger charge is 2.41. The zero-order valence-electron chi connectivity index (χ0n) is 14.1. The summed E-state index contributed by atoms with van der Waals surface area (Å²) in [5.74, 6) is 0.869. The molecule has 0 spiro atoms. The number of rotatable bonds is 6. The van der Waals surface area contributed by atoms with Gasteiger partial charge in [-0.3, -0.25) is 4.79 Å². The summed E-state index contributed by atoms with van der Waals surface area (Å²) in [7, 11) is 0. The van der Waals surface area contributed by atoms with Gasteiger partial charge in [0.15, 0.2) is 0 Å². The summed E-state index contributed by atoms with van der Waals surface area (Å²) in [4.78, 5) is 17.6. The maximum Gasteiger partial charge on any atom is 0.226 e. The lowest BCUT2D eigenvalue weighted by Crippen LogP contribution is -2.41. The van der Waals surface area contributed by atoms with Gasteiger partial charge in [0.25, 0.3) is 0 Å². The maximum atomic E-state index is 12.8. The second-order valence-electron chi connectivity index (χ2n) is 7.18. The van der Waals surface area contributed by atoms with Gasteiger partial charge in [-0.05, 0) is 37.3 Å². The van der Waals surface area contributed by atoms with Gasteiger partial charge in [-0.2, -0.15) is 0 Å². The molecular formula is C19H26N2OS. The van der Waals surface area contributed by atoms with Crippen LogP contribution in [0.25, 0.3) is 10.2 Å². The summed E-state index contributed by atoms with van der Waals surface area (Å²) in [6.07, 6.45) is 6.14. The van der Waals surface area contributed by atoms with E-state index in [1.165, 1.54) is 4.70 Å². The number of amides is 1. The Balaban J connectivity index is 1.73. The van der Waals surface area contributed by atoms with Crippen molar-refractivity contribution in [2.45, 2.75) is 52.4 Å². The Labute approximate surface area is 142 Å². The van der Waals surface area contributed by atoms with Gasteiger partial charge >= 0.3 is 0 Å². The number of benzene rings is 1. The maximum absolute atomic E-state index is 12.8. The molecule has 3 rings (SSSR count). The Morgan fingerprint density at radius 3 is 2.74 bits per heavy atom. The van der Waals surface area contributed by atoms with Crippen LogP contribution in [0.15, 0.2) is 24.3 Å². The number of nitrogens with zero attached hydrogens (tertiary/aromatic N) is 1. The number of nitrogens with one attached hydrogen (secondary N) is 1. The third kappa shape index (κ3) is 3.74. The van der Waals surface area contributed by atoms with E-state index in [2.05, 4.69) is 31.3 Å². The minimum Gasteiger partial charge on any atom is -0.356 e. The summed E-state index contributed by atoms with van der Waals surface area (Å²) in [6, 6.07) is 8.24. The largest absolute Gasteiger partial charge is 0.356 e. The summed E-state index contributed by atoms with van der Waals surface area (Å²) in [5.41, 5.74) is 0.825. The lowest BCUT2D eigenvalue weighted by Gasteiger charge is -2.27. The van der Waals surface area contributed by atoms with E-state index in [1.54, 1.807) is 11.3 Å². The van der Waals surface area contributed by atoms with Crippen molar-refractivity contribution in [1.29, 1.82) is 0 Å². The number of para-hydroxylation sites is 1. The van der Waals surface area contributed by atoms with Crippen LogP contribution in [-0.4, -0.2) is 17.4 Å². The molecule has 0 atom stereocenters. The smallest absolute Gasteiger partial charge is 0.226 e. The highest BCUT2D eigenvalue weighted by molar-refractivity contribution is 7.18. The monoisotopic (exact) mass is 330 g/mol. The summed E-state index contributed by atoms with van der Waals surface area (Å²) in [6.45, 7) is 5.18. The highest BCUT2D eigenvalue weighted by atomic mass is 32.1. The Morgan fingerprint density at radius 1 is 1.30 bits per heavy atom. The van der Waals surface area contributed by atoms with Crippen molar-refractivity contribution >= 4 is 27.5 Å². The Hall–Kier alpha value is -1.42. The summed E-state index contributed by atoms with van der Waals surface area (Å²) >= 11 is 1.74. The topological polar surface area (TPSA) is 42.0 Å². The minimum atomic E-state index is -0.231. The molecule has 4 heteroatoms. The van der Waals surface area contributed by atoms with Gasteiger partial charge in [-0.15, -0.1) is 11.3 Å². The molecule has 1 N–H and O–H groups in total. The molecule has 0 saturated heterocycles. The van der Waals surface area contributed by atoms with Crippen LogP contribution in [0.2, 0.25) is 0 Å². The van der Waals surface area contributed by atoms with E-state index >= 15 is 0 Å². The highest BCUT2D eigenvalue weighted by Crippen LogP contribution is 2.42. The molecule has 1 heterocycles. The number of hydrogen-bond donors (Lipinski definition) is 1. The zero-order valence-corrected chi connectivity index (χ0v) is 14.9. The standard InChI is InChI=1S/C19H26N2OS/c1-14(2)9-12-20-18(22)19(10-5-6-11-19)13-17-21-15-7-3-4-8-16(15)23-17/h3-4,7-8,14H,5-6,9-13H2,1-2H3,(H,20,22). The van der Waals surface area contributed by atoms with Crippen molar-refractivity contribution in [3.8, 4) is 0 Å². The molecule has 124 valence electrons. The molecular weight excluding hydrogens is 304 g/mol. The molecule has 1 saturated carbocycles. The Morgan fingerprint density at radius 2 is 2.04 bits per heavy atom. The lowest BCUT2D eigenvalue weighted by atomic mass is 9.82. The van der Waals surface area contributed by atoms with E-state index < -0.39 is 0 Å². The van der Waals surface area contributed by atoms with Gasteiger partial charge in [0, 0.05) is 13.0 Å². The molecule has 0 aliphatic heterocycles. The van der Waals surface area contributed by atoms with E-state index in [0.29, 0.717) is 5.92 Å². The number of carbonyl (C=O) groups excluding carboxylic acids is 1. The molecule has 2 aromatic rings. The van der Waals surface area contributed by atoms with Crippen molar-refractivity contribution in [2.75, 3.05) is 6.54 Å². The molecule has 0 unspecified atom stereocenters. The quantitative estimate of drug-likeness (QED) is 0.843. The van der Waals surface area contributed by atoms with Gasteiger partial charge in [0.05, 0.1) is 20.6 Å². The van der Waals surface area contributed by atoms with Crippen molar-refractivity contribution in [1.82, 2.24) is 10.3 Å². The van der Waals surface area contributed by atoms with E-state index in [4.69, 9.17) is 4.98 Å². The summed E-state index contributed by atoms with van der Waals surface area (Å²) in [5, 5.41) is 4.29. The molecule has 0 radical (unpaired) electrons. The minimum absolute atomic E-state index is 0.231. The molecule has 1 aliphatic carbocycles. The van der Waals surface area contributed by atoms with E-state index in [1.807, 2.05) is 12.1 Å².